The predicted molar refractivity (Wildman–Crippen MR) is 162 cm³/mol. The van der Waals surface area contributed by atoms with Crippen LogP contribution in [0, 0.1) is 23.2 Å². The molecule has 3 fully saturated rings. The maximum atomic E-state index is 14.2. The zero-order chi connectivity index (χ0) is 31.6. The van der Waals surface area contributed by atoms with Crippen LogP contribution < -0.4 is 0 Å². The summed E-state index contributed by atoms with van der Waals surface area (Å²) in [7, 11) is 9.76. The van der Waals surface area contributed by atoms with Gasteiger partial charge in [-0.15, -0.1) is 0 Å². The van der Waals surface area contributed by atoms with Gasteiger partial charge in [-0.05, 0) is 106 Å². The van der Waals surface area contributed by atoms with E-state index in [2.05, 4.69) is 30.8 Å². The van der Waals surface area contributed by atoms with E-state index in [9.17, 15) is 14.7 Å². The maximum Gasteiger partial charge on any atom is 0.319 e. The number of hydrogen-bond acceptors (Lipinski definition) is 10. The molecule has 0 unspecified atom stereocenters. The van der Waals surface area contributed by atoms with E-state index in [1.807, 2.05) is 32.8 Å². The standard InChI is InChI=1S/C32H59N3O7/c1-20-17-32(6,39-11)28(42-29-26(36)24(33(7)8)16-21(2)41-29)22(3)27(37)31(4,5)30(38)40-19-25(35(10)18-20)23-12-14-34(9)15-13-23/h20-26,28-29,36H,12-19H2,1-11H3/t20-,21-,22+,24+,25+,26-,28-,29+,32-/m1/s1. The first-order chi connectivity index (χ1) is 19.5. The van der Waals surface area contributed by atoms with Gasteiger partial charge in [0.25, 0.3) is 0 Å². The Hall–Kier alpha value is -1.14. The lowest BCUT2D eigenvalue weighted by atomic mass is 9.74. The van der Waals surface area contributed by atoms with Crippen molar-refractivity contribution >= 4 is 11.8 Å². The Balaban J connectivity index is 1.98. The summed E-state index contributed by atoms with van der Waals surface area (Å²) in [5.41, 5.74) is -2.29. The Labute approximate surface area is 254 Å². The first-order valence-corrected chi connectivity index (χ1v) is 15.8. The molecular weight excluding hydrogens is 538 g/mol. The molecule has 10 nitrogen and oxygen atoms in total. The summed E-state index contributed by atoms with van der Waals surface area (Å²) in [6.45, 7) is 14.3. The smallest absolute Gasteiger partial charge is 0.319 e. The third kappa shape index (κ3) is 7.92. The Morgan fingerprint density at radius 1 is 1.05 bits per heavy atom. The average molecular weight is 598 g/mol. The van der Waals surface area contributed by atoms with Crippen molar-refractivity contribution in [3.63, 3.8) is 0 Å². The first kappa shape index (κ1) is 35.3. The molecule has 9 atom stereocenters. The summed E-state index contributed by atoms with van der Waals surface area (Å²) >= 11 is 0. The lowest BCUT2D eigenvalue weighted by molar-refractivity contribution is -0.295. The van der Waals surface area contributed by atoms with Crippen molar-refractivity contribution in [1.29, 1.82) is 0 Å². The number of likely N-dealkylation sites (tertiary alicyclic amines) is 1. The molecule has 244 valence electrons. The van der Waals surface area contributed by atoms with Gasteiger partial charge in [0.1, 0.15) is 18.1 Å². The zero-order valence-corrected chi connectivity index (χ0v) is 28.1. The molecule has 0 radical (unpaired) electrons. The molecule has 3 aliphatic heterocycles. The second kappa shape index (κ2) is 14.3. The summed E-state index contributed by atoms with van der Waals surface area (Å²) in [4.78, 5) is 34.4. The Morgan fingerprint density at radius 3 is 2.24 bits per heavy atom. The van der Waals surface area contributed by atoms with Gasteiger partial charge in [-0.3, -0.25) is 14.5 Å². The lowest BCUT2D eigenvalue weighted by Gasteiger charge is -2.47. The fraction of sp³-hybridized carbons (Fsp3) is 0.938. The van der Waals surface area contributed by atoms with Gasteiger partial charge < -0.3 is 33.9 Å². The topological polar surface area (TPSA) is 101 Å². The van der Waals surface area contributed by atoms with Crippen molar-refractivity contribution in [2.45, 2.75) is 110 Å². The van der Waals surface area contributed by atoms with Crippen molar-refractivity contribution < 1.29 is 33.6 Å². The highest BCUT2D eigenvalue weighted by Crippen LogP contribution is 2.38. The number of ether oxygens (including phenoxy) is 4. The molecule has 1 N–H and O–H groups in total. The van der Waals surface area contributed by atoms with E-state index in [-0.39, 0.29) is 36.5 Å². The summed E-state index contributed by atoms with van der Waals surface area (Å²) in [5.74, 6) is -0.961. The minimum Gasteiger partial charge on any atom is -0.463 e. The van der Waals surface area contributed by atoms with E-state index in [0.29, 0.717) is 18.8 Å². The number of Topliss-reactive ketones (excluding diaryl/α,β-unsaturated/α-hetero) is 1. The number of methoxy groups -OCH3 is 1. The van der Waals surface area contributed by atoms with Crippen molar-refractivity contribution in [3.05, 3.63) is 0 Å². The molecular formula is C32H59N3O7. The Bertz CT molecular complexity index is 909. The monoisotopic (exact) mass is 597 g/mol. The largest absolute Gasteiger partial charge is 0.463 e. The summed E-state index contributed by atoms with van der Waals surface area (Å²) < 4.78 is 24.9. The van der Waals surface area contributed by atoms with Gasteiger partial charge in [-0.1, -0.05) is 13.8 Å². The highest BCUT2D eigenvalue weighted by atomic mass is 16.7. The molecule has 3 rings (SSSR count). The van der Waals surface area contributed by atoms with Crippen LogP contribution in [0.25, 0.3) is 0 Å². The second-order valence-corrected chi connectivity index (χ2v) is 14.5. The van der Waals surface area contributed by atoms with Crippen molar-refractivity contribution in [2.75, 3.05) is 61.5 Å². The minimum atomic E-state index is -1.39. The highest BCUT2D eigenvalue weighted by Gasteiger charge is 2.51. The number of piperidine rings is 1. The maximum absolute atomic E-state index is 14.2. The number of nitrogens with zero attached hydrogens (tertiary/aromatic N) is 3. The van der Waals surface area contributed by atoms with E-state index in [0.717, 1.165) is 32.5 Å². The molecule has 3 saturated heterocycles. The fourth-order valence-corrected chi connectivity index (χ4v) is 7.47. The quantitative estimate of drug-likeness (QED) is 0.376. The number of likely N-dealkylation sites (N-methyl/N-ethyl adjacent to an activating group) is 2. The highest BCUT2D eigenvalue weighted by molar-refractivity contribution is 6.04. The van der Waals surface area contributed by atoms with E-state index in [1.54, 1.807) is 27.9 Å². The van der Waals surface area contributed by atoms with Gasteiger partial charge in [0, 0.05) is 31.7 Å². The van der Waals surface area contributed by atoms with Crippen molar-refractivity contribution in [2.24, 2.45) is 23.2 Å². The molecule has 10 heteroatoms. The van der Waals surface area contributed by atoms with Gasteiger partial charge in [-0.25, -0.2) is 0 Å². The van der Waals surface area contributed by atoms with Crippen LogP contribution in [0.3, 0.4) is 0 Å². The number of esters is 1. The number of carbonyl (C=O) groups excluding carboxylic acids is 2. The number of rotatable bonds is 5. The summed E-state index contributed by atoms with van der Waals surface area (Å²) in [6.07, 6.45) is 0.561. The molecule has 0 aromatic rings. The van der Waals surface area contributed by atoms with Crippen LogP contribution in [0.15, 0.2) is 0 Å². The Kier molecular flexibility index (Phi) is 12.0. The van der Waals surface area contributed by atoms with Crippen LogP contribution in [0.1, 0.15) is 67.2 Å². The van der Waals surface area contributed by atoms with Crippen LogP contribution in [0.2, 0.25) is 0 Å². The number of hydrogen-bond donors (Lipinski definition) is 1. The third-order valence-corrected chi connectivity index (χ3v) is 10.2. The van der Waals surface area contributed by atoms with Gasteiger partial charge in [-0.2, -0.15) is 0 Å². The number of carbonyl (C=O) groups is 2. The van der Waals surface area contributed by atoms with Gasteiger partial charge in [0.2, 0.25) is 0 Å². The molecule has 0 aromatic carbocycles. The molecule has 3 heterocycles. The molecule has 0 aliphatic carbocycles. The van der Waals surface area contributed by atoms with Crippen molar-refractivity contribution in [1.82, 2.24) is 14.7 Å². The first-order valence-electron chi connectivity index (χ1n) is 15.8. The van der Waals surface area contributed by atoms with E-state index >= 15 is 0 Å². The third-order valence-electron chi connectivity index (χ3n) is 10.2. The van der Waals surface area contributed by atoms with Crippen LogP contribution in [0.5, 0.6) is 0 Å². The molecule has 42 heavy (non-hydrogen) atoms. The van der Waals surface area contributed by atoms with E-state index in [1.165, 1.54) is 0 Å². The number of cyclic esters (lactones) is 1. The molecule has 0 spiro atoms. The predicted octanol–water partition coefficient (Wildman–Crippen LogP) is 2.66. The van der Waals surface area contributed by atoms with E-state index < -0.39 is 41.4 Å². The molecule has 0 bridgehead atoms. The Morgan fingerprint density at radius 2 is 1.67 bits per heavy atom. The number of aliphatic hydroxyl groups excluding tert-OH is 1. The van der Waals surface area contributed by atoms with Gasteiger partial charge in [0.15, 0.2) is 12.1 Å². The van der Waals surface area contributed by atoms with E-state index in [4.69, 9.17) is 18.9 Å². The minimum absolute atomic E-state index is 0.0604. The zero-order valence-electron chi connectivity index (χ0n) is 28.1. The van der Waals surface area contributed by atoms with Crippen LogP contribution in [-0.4, -0.2) is 135 Å². The second-order valence-electron chi connectivity index (χ2n) is 14.5. The number of ketones is 1. The number of aliphatic hydroxyl groups is 1. The lowest BCUT2D eigenvalue weighted by Crippen LogP contribution is -2.59. The summed E-state index contributed by atoms with van der Waals surface area (Å²) in [6, 6.07) is -0.103. The molecule has 0 saturated carbocycles. The normalized spacial score (nSPS) is 40.7. The van der Waals surface area contributed by atoms with Crippen LogP contribution in [-0.2, 0) is 28.5 Å². The molecule has 3 aliphatic rings. The fourth-order valence-electron chi connectivity index (χ4n) is 7.47. The molecule has 0 aromatic heterocycles. The van der Waals surface area contributed by atoms with Crippen molar-refractivity contribution in [3.8, 4) is 0 Å². The van der Waals surface area contributed by atoms with Gasteiger partial charge in [0.05, 0.1) is 17.8 Å². The average Bonchev–Trinajstić information content (AvgIpc) is 2.92. The molecule has 0 amide bonds. The SMILES string of the molecule is CO[C@]1(C)C[C@@H](C)CN(C)[C@H](C2CCN(C)CC2)COC(=O)C(C)(C)C(=O)[C@H](C)[C@H]1O[C@@H]1O[C@H](C)C[C@H](N(C)C)[C@H]1O. The van der Waals surface area contributed by atoms with Crippen LogP contribution >= 0.6 is 0 Å². The van der Waals surface area contributed by atoms with Gasteiger partial charge >= 0.3 is 5.97 Å². The van der Waals surface area contributed by atoms with Crippen LogP contribution in [0.4, 0.5) is 0 Å². The summed E-state index contributed by atoms with van der Waals surface area (Å²) in [5, 5.41) is 11.3.